The monoisotopic (exact) mass is 656 g/mol. The molecule has 1 aliphatic heterocycles. The number of anilines is 4. The number of rotatable bonds is 4. The second kappa shape index (κ2) is 11.2. The maximum Gasteiger partial charge on any atom is 0.142 e. The van der Waals surface area contributed by atoms with Crippen LogP contribution in [0.2, 0.25) is 0 Å². The Morgan fingerprint density at radius 2 is 1.39 bits per heavy atom. The van der Waals surface area contributed by atoms with Gasteiger partial charge >= 0.3 is 0 Å². The van der Waals surface area contributed by atoms with Crippen molar-refractivity contribution in [1.29, 1.82) is 0 Å². The molecular formula is C48H41BN2. The van der Waals surface area contributed by atoms with Gasteiger partial charge in [-0.1, -0.05) is 127 Å². The van der Waals surface area contributed by atoms with E-state index in [0.717, 1.165) is 29.7 Å². The van der Waals surface area contributed by atoms with E-state index in [4.69, 9.17) is 5.73 Å². The summed E-state index contributed by atoms with van der Waals surface area (Å²) in [5.74, 6) is 0.586. The summed E-state index contributed by atoms with van der Waals surface area (Å²) < 4.78 is 0. The molecule has 1 fully saturated rings. The quantitative estimate of drug-likeness (QED) is 0.151. The Kier molecular flexibility index (Phi) is 6.68. The number of nitrogen functional groups attached to an aromatic ring is 1. The second-order valence-corrected chi connectivity index (χ2v) is 15.1. The van der Waals surface area contributed by atoms with E-state index < -0.39 is 5.41 Å². The van der Waals surface area contributed by atoms with Gasteiger partial charge in [-0.2, -0.15) is 0 Å². The SMILES string of the molecule is Bc1cccc2c1N(c1cc(C)cc(-c3cccc(C)c3N)c1-c1ccccc1C1CC1)c1ccccc1C21C2=C(CCC=C2)c2ccccc21. The molecule has 1 spiro atoms. The molecule has 1 atom stereocenters. The topological polar surface area (TPSA) is 29.3 Å². The van der Waals surface area contributed by atoms with Crippen LogP contribution < -0.4 is 16.1 Å². The Labute approximate surface area is 302 Å². The third-order valence-electron chi connectivity index (χ3n) is 12.0. The summed E-state index contributed by atoms with van der Waals surface area (Å²) in [6.45, 7) is 4.36. The van der Waals surface area contributed by atoms with Crippen molar-refractivity contribution in [3.8, 4) is 22.3 Å². The Morgan fingerprint density at radius 1 is 0.686 bits per heavy atom. The fourth-order valence-electron chi connectivity index (χ4n) is 9.68. The van der Waals surface area contributed by atoms with E-state index in [-0.39, 0.29) is 0 Å². The van der Waals surface area contributed by atoms with E-state index in [1.165, 1.54) is 96.6 Å². The van der Waals surface area contributed by atoms with Crippen LogP contribution in [0, 0.1) is 13.8 Å². The van der Waals surface area contributed by atoms with Crippen molar-refractivity contribution in [1.82, 2.24) is 0 Å². The maximum absolute atomic E-state index is 6.99. The zero-order valence-corrected chi connectivity index (χ0v) is 29.6. The number of benzene rings is 6. The van der Waals surface area contributed by atoms with Gasteiger partial charge in [0.05, 0.1) is 16.8 Å². The summed E-state index contributed by atoms with van der Waals surface area (Å²) in [4.78, 5) is 2.61. The first-order valence-electron chi connectivity index (χ1n) is 18.6. The van der Waals surface area contributed by atoms with Crippen molar-refractivity contribution < 1.29 is 0 Å². The van der Waals surface area contributed by atoms with Crippen molar-refractivity contribution in [3.05, 3.63) is 178 Å². The molecule has 0 aromatic heterocycles. The van der Waals surface area contributed by atoms with Crippen molar-refractivity contribution in [3.63, 3.8) is 0 Å². The summed E-state index contributed by atoms with van der Waals surface area (Å²) >= 11 is 0. The fourth-order valence-corrected chi connectivity index (χ4v) is 9.68. The highest BCUT2D eigenvalue weighted by Gasteiger charge is 2.52. The van der Waals surface area contributed by atoms with Gasteiger partial charge in [0, 0.05) is 22.5 Å². The molecule has 2 N–H and O–H groups in total. The smallest absolute Gasteiger partial charge is 0.142 e. The molecule has 1 heterocycles. The molecule has 4 aliphatic rings. The van der Waals surface area contributed by atoms with E-state index in [2.05, 4.69) is 160 Å². The Morgan fingerprint density at radius 3 is 2.24 bits per heavy atom. The lowest BCUT2D eigenvalue weighted by molar-refractivity contribution is 0.743. The van der Waals surface area contributed by atoms with E-state index in [1.54, 1.807) is 0 Å². The van der Waals surface area contributed by atoms with Gasteiger partial charge in [-0.25, -0.2) is 0 Å². The first-order valence-corrected chi connectivity index (χ1v) is 18.6. The number of nitrogens with zero attached hydrogens (tertiary/aromatic N) is 1. The zero-order valence-electron chi connectivity index (χ0n) is 29.6. The van der Waals surface area contributed by atoms with Gasteiger partial charge < -0.3 is 10.6 Å². The highest BCUT2D eigenvalue weighted by molar-refractivity contribution is 6.37. The summed E-state index contributed by atoms with van der Waals surface area (Å²) in [6, 6.07) is 45.8. The number of hydrogen-bond acceptors (Lipinski definition) is 2. The van der Waals surface area contributed by atoms with Gasteiger partial charge in [-0.05, 0) is 119 Å². The van der Waals surface area contributed by atoms with Crippen LogP contribution in [0.3, 0.4) is 0 Å². The molecule has 246 valence electrons. The highest BCUT2D eigenvalue weighted by atomic mass is 15.2. The van der Waals surface area contributed by atoms with Crippen LogP contribution in [0.5, 0.6) is 0 Å². The van der Waals surface area contributed by atoms with Gasteiger partial charge in [0.1, 0.15) is 7.85 Å². The van der Waals surface area contributed by atoms with Crippen LogP contribution in [0.25, 0.3) is 27.8 Å². The normalized spacial score (nSPS) is 18.4. The van der Waals surface area contributed by atoms with Crippen LogP contribution in [0.1, 0.15) is 70.5 Å². The van der Waals surface area contributed by atoms with E-state index in [1.807, 2.05) is 0 Å². The standard InChI is InChI=1S/C48H41BN2/c1-29-27-37(36-18-11-13-30(2)46(36)50)45(35-17-4-3-14-32(35)31-25-26-31)44(28-29)51-43-24-10-9-21-40(43)48(41-22-12-23-42(49)47(41)51)38-19-7-5-15-33(38)34-16-6-8-20-39(34)48/h3-5,7-15,17-24,27-28,31H,6,16,25-26,49-50H2,1-2H3. The highest BCUT2D eigenvalue weighted by Crippen LogP contribution is 2.64. The fraction of sp³-hybridized carbons (Fsp3) is 0.167. The van der Waals surface area contributed by atoms with Crippen molar-refractivity contribution in [2.24, 2.45) is 0 Å². The lowest BCUT2D eigenvalue weighted by Crippen LogP contribution is -2.39. The predicted octanol–water partition coefficient (Wildman–Crippen LogP) is 10.6. The summed E-state index contributed by atoms with van der Waals surface area (Å²) in [5.41, 5.74) is 29.5. The minimum atomic E-state index is -0.406. The summed E-state index contributed by atoms with van der Waals surface area (Å²) in [5, 5.41) is 0. The van der Waals surface area contributed by atoms with Crippen LogP contribution in [0.15, 0.2) is 139 Å². The molecule has 1 unspecified atom stereocenters. The number of aryl methyl sites for hydroxylation is 2. The van der Waals surface area contributed by atoms with Crippen LogP contribution in [0.4, 0.5) is 22.7 Å². The van der Waals surface area contributed by atoms with Crippen LogP contribution in [-0.2, 0) is 5.41 Å². The van der Waals surface area contributed by atoms with Crippen molar-refractivity contribution >= 4 is 41.6 Å². The largest absolute Gasteiger partial charge is 0.398 e. The van der Waals surface area contributed by atoms with Gasteiger partial charge in [0.15, 0.2) is 0 Å². The van der Waals surface area contributed by atoms with E-state index in [0.29, 0.717) is 5.92 Å². The summed E-state index contributed by atoms with van der Waals surface area (Å²) in [7, 11) is 2.30. The number of para-hydroxylation sites is 3. The van der Waals surface area contributed by atoms with Crippen LogP contribution >= 0.6 is 0 Å². The van der Waals surface area contributed by atoms with Crippen molar-refractivity contribution in [2.75, 3.05) is 10.6 Å². The molecule has 0 saturated heterocycles. The molecule has 10 rings (SSSR count). The van der Waals surface area contributed by atoms with Gasteiger partial charge in [-0.3, -0.25) is 0 Å². The van der Waals surface area contributed by atoms with Gasteiger partial charge in [0.2, 0.25) is 0 Å². The minimum Gasteiger partial charge on any atom is -0.398 e. The molecule has 2 nitrogen and oxygen atoms in total. The number of allylic oxidation sites excluding steroid dienone is 4. The molecule has 0 bridgehead atoms. The molecule has 0 radical (unpaired) electrons. The Hall–Kier alpha value is -5.54. The zero-order chi connectivity index (χ0) is 34.4. The molecule has 6 aromatic rings. The Bertz CT molecular complexity index is 2500. The summed E-state index contributed by atoms with van der Waals surface area (Å²) in [6.07, 6.45) is 9.46. The average molecular weight is 657 g/mol. The molecule has 51 heavy (non-hydrogen) atoms. The van der Waals surface area contributed by atoms with E-state index in [9.17, 15) is 0 Å². The van der Waals surface area contributed by atoms with E-state index >= 15 is 0 Å². The van der Waals surface area contributed by atoms with Crippen LogP contribution in [-0.4, -0.2) is 7.85 Å². The lowest BCUT2D eigenvalue weighted by Gasteiger charge is -2.47. The first-order chi connectivity index (χ1) is 25.0. The third-order valence-corrected chi connectivity index (χ3v) is 12.0. The second-order valence-electron chi connectivity index (χ2n) is 15.1. The minimum absolute atomic E-state index is 0.406. The number of nitrogens with two attached hydrogens (primary N) is 1. The lowest BCUT2D eigenvalue weighted by atomic mass is 9.62. The molecule has 3 heteroatoms. The molecule has 0 amide bonds. The first kappa shape index (κ1) is 30.3. The molecule has 1 saturated carbocycles. The molecule has 3 aliphatic carbocycles. The molecule has 6 aromatic carbocycles. The predicted molar refractivity (Wildman–Crippen MR) is 218 cm³/mol. The van der Waals surface area contributed by atoms with Gasteiger partial charge in [0.25, 0.3) is 0 Å². The number of fused-ring (bicyclic) bond motifs is 8. The third kappa shape index (κ3) is 4.24. The number of hydrogen-bond donors (Lipinski definition) is 1. The van der Waals surface area contributed by atoms with Crippen molar-refractivity contribution in [2.45, 2.75) is 50.9 Å². The Balaban J connectivity index is 1.35. The van der Waals surface area contributed by atoms with Gasteiger partial charge in [-0.15, -0.1) is 0 Å². The molecular weight excluding hydrogens is 615 g/mol. The average Bonchev–Trinajstić information content (AvgIpc) is 3.97. The maximum atomic E-state index is 6.99.